The summed E-state index contributed by atoms with van der Waals surface area (Å²) in [6, 6.07) is 0. The molecule has 0 bridgehead atoms. The number of hydrogen-bond acceptors (Lipinski definition) is 2. The van der Waals surface area contributed by atoms with Crippen LogP contribution in [0.4, 0.5) is 0 Å². The molecule has 0 amide bonds. The van der Waals surface area contributed by atoms with Crippen molar-refractivity contribution in [2.45, 2.75) is 43.3 Å². The Morgan fingerprint density at radius 3 is 1.89 bits per heavy atom. The van der Waals surface area contributed by atoms with Crippen LogP contribution >= 0.6 is 50.7 Å². The highest BCUT2D eigenvalue weighted by Gasteiger charge is 2.26. The van der Waals surface area contributed by atoms with E-state index in [4.69, 9.17) is 44.1 Å². The molecule has 0 aromatic rings. The molecular weight excluding hydrogens is 361 g/mol. The Morgan fingerprint density at radius 1 is 1.11 bits per heavy atom. The van der Waals surface area contributed by atoms with Crippen molar-refractivity contribution in [2.75, 3.05) is 13.2 Å². The van der Waals surface area contributed by atoms with Gasteiger partial charge in [-0.25, -0.2) is 0 Å². The Balaban J connectivity index is 4.38. The van der Waals surface area contributed by atoms with Crippen LogP contribution in [0.1, 0.15) is 39.5 Å². The second-order valence-corrected chi connectivity index (χ2v) is 7.14. The van der Waals surface area contributed by atoms with Gasteiger partial charge < -0.3 is 9.31 Å². The number of unbranched alkanes of at least 4 members (excludes halogenated alkanes) is 2. The lowest BCUT2D eigenvalue weighted by Crippen LogP contribution is -2.26. The minimum atomic E-state index is -1.46. The lowest BCUT2D eigenvalue weighted by molar-refractivity contribution is 0.200. The molecule has 0 fully saturated rings. The van der Waals surface area contributed by atoms with Gasteiger partial charge in [-0.3, -0.25) is 0 Å². The van der Waals surface area contributed by atoms with Gasteiger partial charge in [0.15, 0.2) is 0 Å². The third-order valence-electron chi connectivity index (χ3n) is 2.06. The third-order valence-corrected chi connectivity index (χ3v) is 2.99. The van der Waals surface area contributed by atoms with Crippen molar-refractivity contribution in [3.05, 3.63) is 10.5 Å². The first kappa shape index (κ1) is 19.1. The molecule has 0 spiro atoms. The molecule has 0 aliphatic heterocycles. The van der Waals surface area contributed by atoms with Gasteiger partial charge in [0.25, 0.3) is 0 Å². The highest BCUT2D eigenvalue weighted by molar-refractivity contribution is 9.12. The zero-order chi connectivity index (χ0) is 14.0. The first-order valence-corrected chi connectivity index (χ1v) is 8.01. The monoisotopic (exact) mass is 378 g/mol. The summed E-state index contributed by atoms with van der Waals surface area (Å²) < 4.78 is 10.4. The molecule has 0 aromatic heterocycles. The lowest BCUT2D eigenvalue weighted by atomic mass is 9.89. The van der Waals surface area contributed by atoms with E-state index in [-0.39, 0.29) is 0 Å². The van der Waals surface area contributed by atoms with Gasteiger partial charge in [-0.1, -0.05) is 77.4 Å². The maximum Gasteiger partial charge on any atom is 0.501 e. The number of hydrogen-bond donors (Lipinski definition) is 0. The molecule has 0 N–H and O–H groups in total. The third kappa shape index (κ3) is 10.9. The molecule has 0 aromatic carbocycles. The van der Waals surface area contributed by atoms with E-state index in [0.717, 1.165) is 25.7 Å². The summed E-state index contributed by atoms with van der Waals surface area (Å²) in [5.74, 6) is 0. The fraction of sp³-hybridized carbons (Fsp3) is 0.818. The zero-order valence-corrected chi connectivity index (χ0v) is 14.6. The minimum Gasteiger partial charge on any atom is -0.407 e. The number of allylic oxidation sites excluding steroid dienone is 1. The highest BCUT2D eigenvalue weighted by Crippen LogP contribution is 2.31. The van der Waals surface area contributed by atoms with E-state index in [1.807, 2.05) is 0 Å². The molecular formula is C11H19BBrCl3O2. The average molecular weight is 380 g/mol. The van der Waals surface area contributed by atoms with Gasteiger partial charge in [-0.05, 0) is 18.9 Å². The molecule has 0 heterocycles. The molecule has 0 radical (unpaired) electrons. The Bertz CT molecular complexity index is 237. The SMILES string of the molecule is CCCCOB(OCCCC)/C(Br)=C\C(Cl)(Cl)Cl. The largest absolute Gasteiger partial charge is 0.501 e. The smallest absolute Gasteiger partial charge is 0.407 e. The minimum absolute atomic E-state index is 0.501. The van der Waals surface area contributed by atoms with Crippen LogP contribution in [0.3, 0.4) is 0 Å². The molecule has 2 nitrogen and oxygen atoms in total. The van der Waals surface area contributed by atoms with E-state index in [1.54, 1.807) is 0 Å². The summed E-state index contributed by atoms with van der Waals surface area (Å²) in [6.07, 6.45) is 5.53. The predicted molar refractivity (Wildman–Crippen MR) is 84.8 cm³/mol. The van der Waals surface area contributed by atoms with Crippen molar-refractivity contribution in [3.63, 3.8) is 0 Å². The number of alkyl halides is 3. The van der Waals surface area contributed by atoms with Crippen LogP contribution in [0.2, 0.25) is 0 Å². The summed E-state index contributed by atoms with van der Waals surface area (Å²) >= 11 is 20.5. The van der Waals surface area contributed by atoms with Crippen molar-refractivity contribution in [1.29, 1.82) is 0 Å². The Labute approximate surface area is 134 Å². The quantitative estimate of drug-likeness (QED) is 0.307. The van der Waals surface area contributed by atoms with E-state index < -0.39 is 10.9 Å². The molecule has 0 aliphatic carbocycles. The molecule has 106 valence electrons. The maximum absolute atomic E-state index is 5.71. The molecule has 0 saturated carbocycles. The predicted octanol–water partition coefficient (Wildman–Crippen LogP) is 5.30. The Morgan fingerprint density at radius 2 is 1.56 bits per heavy atom. The first-order chi connectivity index (χ1) is 8.40. The molecule has 0 saturated heterocycles. The number of rotatable bonds is 9. The maximum atomic E-state index is 5.71. The fourth-order valence-electron chi connectivity index (χ4n) is 1.10. The van der Waals surface area contributed by atoms with Gasteiger partial charge in [0.2, 0.25) is 3.79 Å². The summed E-state index contributed by atoms with van der Waals surface area (Å²) in [6.45, 7) is 5.44. The van der Waals surface area contributed by atoms with Gasteiger partial charge in [-0.2, -0.15) is 0 Å². The lowest BCUT2D eigenvalue weighted by Gasteiger charge is -2.15. The van der Waals surface area contributed by atoms with Crippen LogP contribution in [-0.2, 0) is 9.31 Å². The molecule has 0 rings (SSSR count). The van der Waals surface area contributed by atoms with Gasteiger partial charge in [0.1, 0.15) is 0 Å². The Kier molecular flexibility index (Phi) is 11.5. The van der Waals surface area contributed by atoms with E-state index in [9.17, 15) is 0 Å². The van der Waals surface area contributed by atoms with Gasteiger partial charge >= 0.3 is 7.12 Å². The van der Waals surface area contributed by atoms with Crippen molar-refractivity contribution in [2.24, 2.45) is 0 Å². The fourth-order valence-corrected chi connectivity index (χ4v) is 2.46. The van der Waals surface area contributed by atoms with Crippen molar-refractivity contribution < 1.29 is 9.31 Å². The van der Waals surface area contributed by atoms with Crippen LogP contribution in [0.25, 0.3) is 0 Å². The summed E-state index contributed by atoms with van der Waals surface area (Å²) in [7, 11) is -0.501. The second-order valence-electron chi connectivity index (χ2n) is 3.85. The average Bonchev–Trinajstić information content (AvgIpc) is 2.25. The first-order valence-electron chi connectivity index (χ1n) is 6.08. The van der Waals surface area contributed by atoms with E-state index >= 15 is 0 Å². The van der Waals surface area contributed by atoms with E-state index in [2.05, 4.69) is 29.8 Å². The molecule has 18 heavy (non-hydrogen) atoms. The van der Waals surface area contributed by atoms with Crippen LogP contribution in [0.5, 0.6) is 0 Å². The topological polar surface area (TPSA) is 18.5 Å². The molecule has 0 unspecified atom stereocenters. The van der Waals surface area contributed by atoms with Crippen LogP contribution in [0.15, 0.2) is 10.5 Å². The van der Waals surface area contributed by atoms with Gasteiger partial charge in [0, 0.05) is 17.6 Å². The van der Waals surface area contributed by atoms with Gasteiger partial charge in [0.05, 0.1) is 0 Å². The standard InChI is InChI=1S/C11H19BBrCl3O2/c1-3-5-7-17-12(18-8-6-4-2)10(13)9-11(14,15)16/h9H,3-8H2,1-2H3/b10-9+. The summed E-state index contributed by atoms with van der Waals surface area (Å²) in [4.78, 5) is 0. The zero-order valence-electron chi connectivity index (χ0n) is 10.7. The van der Waals surface area contributed by atoms with Crippen molar-refractivity contribution >= 4 is 57.9 Å². The number of halogens is 4. The van der Waals surface area contributed by atoms with Crippen LogP contribution in [-0.4, -0.2) is 24.1 Å². The molecule has 0 aliphatic rings. The van der Waals surface area contributed by atoms with E-state index in [1.165, 1.54) is 6.08 Å². The van der Waals surface area contributed by atoms with Crippen LogP contribution in [0, 0.1) is 0 Å². The van der Waals surface area contributed by atoms with E-state index in [0.29, 0.717) is 17.6 Å². The van der Waals surface area contributed by atoms with Crippen molar-refractivity contribution in [1.82, 2.24) is 0 Å². The molecule has 0 atom stereocenters. The normalized spacial score (nSPS) is 12.9. The Hall–Kier alpha value is 1.07. The summed E-state index contributed by atoms with van der Waals surface area (Å²) in [5, 5.41) is 0. The van der Waals surface area contributed by atoms with Crippen LogP contribution < -0.4 is 0 Å². The second kappa shape index (κ2) is 10.8. The van der Waals surface area contributed by atoms with Crippen molar-refractivity contribution in [3.8, 4) is 0 Å². The summed E-state index contributed by atoms with van der Waals surface area (Å²) in [5.41, 5.74) is 0. The van der Waals surface area contributed by atoms with Gasteiger partial charge in [-0.15, -0.1) is 0 Å². The highest BCUT2D eigenvalue weighted by atomic mass is 79.9. The molecule has 7 heteroatoms.